The fourth-order valence-corrected chi connectivity index (χ4v) is 4.30. The molecule has 4 nitrogen and oxygen atoms in total. The lowest BCUT2D eigenvalue weighted by molar-refractivity contribution is 0.172. The molecule has 1 saturated heterocycles. The number of rotatable bonds is 4. The third-order valence-corrected chi connectivity index (χ3v) is 5.72. The van der Waals surface area contributed by atoms with Gasteiger partial charge in [0.2, 0.25) is 10.0 Å². The zero-order valence-corrected chi connectivity index (χ0v) is 13.4. The molecule has 0 spiro atoms. The molecule has 5 heteroatoms. The first-order valence-electron chi connectivity index (χ1n) is 7.19. The van der Waals surface area contributed by atoms with Crippen molar-refractivity contribution in [1.29, 1.82) is 0 Å². The van der Waals surface area contributed by atoms with Gasteiger partial charge in [0, 0.05) is 32.7 Å². The molecule has 20 heavy (non-hydrogen) atoms. The van der Waals surface area contributed by atoms with E-state index in [4.69, 9.17) is 0 Å². The fourth-order valence-electron chi connectivity index (χ4n) is 2.65. The summed E-state index contributed by atoms with van der Waals surface area (Å²) in [6.45, 7) is 10.1. The molecule has 0 N–H and O–H groups in total. The zero-order chi connectivity index (χ0) is 14.8. The summed E-state index contributed by atoms with van der Waals surface area (Å²) in [5.41, 5.74) is 0.817. The van der Waals surface area contributed by atoms with Crippen LogP contribution in [0, 0.1) is 12.8 Å². The first-order chi connectivity index (χ1) is 9.41. The number of benzene rings is 1. The van der Waals surface area contributed by atoms with Crippen molar-refractivity contribution in [3.8, 4) is 0 Å². The van der Waals surface area contributed by atoms with Crippen molar-refractivity contribution in [2.24, 2.45) is 5.92 Å². The maximum absolute atomic E-state index is 12.6. The summed E-state index contributed by atoms with van der Waals surface area (Å²) in [4.78, 5) is 2.78. The quantitative estimate of drug-likeness (QED) is 0.853. The average molecular weight is 296 g/mol. The lowest BCUT2D eigenvalue weighted by Gasteiger charge is -2.35. The standard InChI is InChI=1S/C15H24N2O2S/c1-13(2)12-16-8-10-17(11-9-16)20(18,19)15-7-5-4-6-14(15)3/h4-7,13H,8-12H2,1-3H3. The Labute approximate surface area is 122 Å². The van der Waals surface area contributed by atoms with E-state index < -0.39 is 10.0 Å². The minimum atomic E-state index is -3.34. The van der Waals surface area contributed by atoms with Crippen LogP contribution < -0.4 is 0 Å². The van der Waals surface area contributed by atoms with Gasteiger partial charge in [-0.15, -0.1) is 0 Å². The highest BCUT2D eigenvalue weighted by Crippen LogP contribution is 2.20. The van der Waals surface area contributed by atoms with Gasteiger partial charge >= 0.3 is 0 Å². The normalized spacial score (nSPS) is 18.6. The Kier molecular flexibility index (Phi) is 4.83. The molecule has 0 aromatic heterocycles. The van der Waals surface area contributed by atoms with Crippen LogP contribution in [-0.2, 0) is 10.0 Å². The van der Waals surface area contributed by atoms with Crippen molar-refractivity contribution in [3.05, 3.63) is 29.8 Å². The number of hydrogen-bond acceptors (Lipinski definition) is 3. The van der Waals surface area contributed by atoms with Gasteiger partial charge in [-0.1, -0.05) is 32.0 Å². The van der Waals surface area contributed by atoms with E-state index in [0.717, 1.165) is 25.2 Å². The molecule has 1 aromatic rings. The highest BCUT2D eigenvalue weighted by Gasteiger charge is 2.29. The van der Waals surface area contributed by atoms with Gasteiger partial charge in [-0.3, -0.25) is 0 Å². The highest BCUT2D eigenvalue weighted by atomic mass is 32.2. The van der Waals surface area contributed by atoms with Crippen molar-refractivity contribution in [2.45, 2.75) is 25.7 Å². The first-order valence-corrected chi connectivity index (χ1v) is 8.63. The van der Waals surface area contributed by atoms with Crippen molar-refractivity contribution >= 4 is 10.0 Å². The molecule has 1 aliphatic rings. The Morgan fingerprint density at radius 3 is 2.25 bits per heavy atom. The van der Waals surface area contributed by atoms with E-state index in [2.05, 4.69) is 18.7 Å². The minimum Gasteiger partial charge on any atom is -0.300 e. The largest absolute Gasteiger partial charge is 0.300 e. The van der Waals surface area contributed by atoms with Gasteiger partial charge in [-0.05, 0) is 24.5 Å². The maximum Gasteiger partial charge on any atom is 0.243 e. The van der Waals surface area contributed by atoms with Crippen LogP contribution in [0.5, 0.6) is 0 Å². The van der Waals surface area contributed by atoms with E-state index in [0.29, 0.717) is 23.9 Å². The van der Waals surface area contributed by atoms with Gasteiger partial charge in [0.05, 0.1) is 4.90 Å². The molecule has 1 aliphatic heterocycles. The molecule has 0 unspecified atom stereocenters. The van der Waals surface area contributed by atoms with Gasteiger partial charge in [0.1, 0.15) is 0 Å². The molecule has 2 rings (SSSR count). The number of aryl methyl sites for hydroxylation is 1. The molecule has 1 fully saturated rings. The van der Waals surface area contributed by atoms with Crippen LogP contribution in [0.15, 0.2) is 29.2 Å². The number of sulfonamides is 1. The van der Waals surface area contributed by atoms with Crippen molar-refractivity contribution in [1.82, 2.24) is 9.21 Å². The van der Waals surface area contributed by atoms with E-state index >= 15 is 0 Å². The van der Waals surface area contributed by atoms with Crippen molar-refractivity contribution in [3.63, 3.8) is 0 Å². The fraction of sp³-hybridized carbons (Fsp3) is 0.600. The van der Waals surface area contributed by atoms with Crippen LogP contribution in [0.1, 0.15) is 19.4 Å². The van der Waals surface area contributed by atoms with Crippen LogP contribution >= 0.6 is 0 Å². The SMILES string of the molecule is Cc1ccccc1S(=O)(=O)N1CCN(CC(C)C)CC1. The molecule has 0 bridgehead atoms. The molecule has 0 saturated carbocycles. The molecule has 112 valence electrons. The topological polar surface area (TPSA) is 40.6 Å². The summed E-state index contributed by atoms with van der Waals surface area (Å²) in [5.74, 6) is 0.620. The van der Waals surface area contributed by atoms with E-state index in [-0.39, 0.29) is 0 Å². The Balaban J connectivity index is 2.08. The van der Waals surface area contributed by atoms with Crippen LogP contribution in [0.4, 0.5) is 0 Å². The first kappa shape index (κ1) is 15.5. The zero-order valence-electron chi connectivity index (χ0n) is 12.5. The second-order valence-electron chi connectivity index (χ2n) is 5.86. The third kappa shape index (κ3) is 3.40. The van der Waals surface area contributed by atoms with E-state index in [1.807, 2.05) is 19.1 Å². The lowest BCUT2D eigenvalue weighted by atomic mass is 10.2. The molecular formula is C15H24N2O2S. The Hall–Kier alpha value is -0.910. The Morgan fingerprint density at radius 1 is 1.10 bits per heavy atom. The number of nitrogens with zero attached hydrogens (tertiary/aromatic N) is 2. The van der Waals surface area contributed by atoms with Gasteiger partial charge in [0.25, 0.3) is 0 Å². The second-order valence-corrected chi connectivity index (χ2v) is 7.77. The molecule has 0 atom stereocenters. The van der Waals surface area contributed by atoms with Crippen molar-refractivity contribution in [2.75, 3.05) is 32.7 Å². The predicted molar refractivity (Wildman–Crippen MR) is 81.2 cm³/mol. The van der Waals surface area contributed by atoms with E-state index in [1.54, 1.807) is 16.4 Å². The second kappa shape index (κ2) is 6.24. The maximum atomic E-state index is 12.6. The molecule has 0 radical (unpaired) electrons. The average Bonchev–Trinajstić information content (AvgIpc) is 2.39. The predicted octanol–water partition coefficient (Wildman–Crippen LogP) is 1.96. The van der Waals surface area contributed by atoms with Crippen LogP contribution in [0.25, 0.3) is 0 Å². The molecular weight excluding hydrogens is 272 g/mol. The summed E-state index contributed by atoms with van der Waals surface area (Å²) in [6, 6.07) is 7.21. The molecule has 1 aromatic carbocycles. The Morgan fingerprint density at radius 2 is 1.70 bits per heavy atom. The van der Waals surface area contributed by atoms with Gasteiger partial charge in [0.15, 0.2) is 0 Å². The van der Waals surface area contributed by atoms with E-state index in [1.165, 1.54) is 0 Å². The molecule has 0 amide bonds. The van der Waals surface area contributed by atoms with E-state index in [9.17, 15) is 8.42 Å². The van der Waals surface area contributed by atoms with Gasteiger partial charge < -0.3 is 4.90 Å². The Bertz CT molecular complexity index is 547. The van der Waals surface area contributed by atoms with Gasteiger partial charge in [-0.2, -0.15) is 4.31 Å². The lowest BCUT2D eigenvalue weighted by Crippen LogP contribution is -2.49. The molecule has 0 aliphatic carbocycles. The van der Waals surface area contributed by atoms with Gasteiger partial charge in [-0.25, -0.2) is 8.42 Å². The van der Waals surface area contributed by atoms with Crippen LogP contribution in [-0.4, -0.2) is 50.3 Å². The highest BCUT2D eigenvalue weighted by molar-refractivity contribution is 7.89. The van der Waals surface area contributed by atoms with Crippen LogP contribution in [0.3, 0.4) is 0 Å². The third-order valence-electron chi connectivity index (χ3n) is 3.67. The summed E-state index contributed by atoms with van der Waals surface area (Å²) >= 11 is 0. The summed E-state index contributed by atoms with van der Waals surface area (Å²) < 4.78 is 26.9. The number of hydrogen-bond donors (Lipinski definition) is 0. The smallest absolute Gasteiger partial charge is 0.243 e. The van der Waals surface area contributed by atoms with Crippen molar-refractivity contribution < 1.29 is 8.42 Å². The summed E-state index contributed by atoms with van der Waals surface area (Å²) in [5, 5.41) is 0. The summed E-state index contributed by atoms with van der Waals surface area (Å²) in [6.07, 6.45) is 0. The molecule has 1 heterocycles. The summed E-state index contributed by atoms with van der Waals surface area (Å²) in [7, 11) is -3.34. The monoisotopic (exact) mass is 296 g/mol. The van der Waals surface area contributed by atoms with Crippen LogP contribution in [0.2, 0.25) is 0 Å². The minimum absolute atomic E-state index is 0.442. The number of piperazine rings is 1.